The molecular weight excluding hydrogens is 272 g/mol. The molecular formula is C15H22N2O4. The summed E-state index contributed by atoms with van der Waals surface area (Å²) >= 11 is 0. The van der Waals surface area contributed by atoms with E-state index in [-0.39, 0.29) is 23.4 Å². The molecule has 2 atom stereocenters. The number of benzene rings is 1. The second kappa shape index (κ2) is 6.65. The topological polar surface area (TPSA) is 73.6 Å². The van der Waals surface area contributed by atoms with Gasteiger partial charge >= 0.3 is 0 Å². The largest absolute Gasteiger partial charge is 0.454 e. The van der Waals surface area contributed by atoms with Gasteiger partial charge in [-0.15, -0.1) is 0 Å². The zero-order chi connectivity index (χ0) is 15.4. The second-order valence-electron chi connectivity index (χ2n) is 5.48. The lowest BCUT2D eigenvalue weighted by atomic mass is 9.97. The van der Waals surface area contributed by atoms with E-state index < -0.39 is 0 Å². The van der Waals surface area contributed by atoms with Crippen LogP contribution < -0.4 is 14.8 Å². The molecule has 1 aromatic carbocycles. The molecule has 0 amide bonds. The zero-order valence-electron chi connectivity index (χ0n) is 12.7. The Morgan fingerprint density at radius 2 is 1.95 bits per heavy atom. The summed E-state index contributed by atoms with van der Waals surface area (Å²) in [7, 11) is 0. The van der Waals surface area contributed by atoms with Gasteiger partial charge in [-0.1, -0.05) is 27.2 Å². The molecule has 0 saturated carbocycles. The number of nitrogens with one attached hydrogen (secondary N) is 1. The molecule has 0 aliphatic carbocycles. The van der Waals surface area contributed by atoms with E-state index in [0.29, 0.717) is 23.1 Å². The fraction of sp³-hybridized carbons (Fsp3) is 0.600. The van der Waals surface area contributed by atoms with Gasteiger partial charge in [-0.2, -0.15) is 0 Å². The number of hydrogen-bond acceptors (Lipinski definition) is 5. The van der Waals surface area contributed by atoms with Gasteiger partial charge < -0.3 is 14.8 Å². The van der Waals surface area contributed by atoms with E-state index in [2.05, 4.69) is 26.1 Å². The van der Waals surface area contributed by atoms with Crippen molar-refractivity contribution in [2.24, 2.45) is 5.92 Å². The lowest BCUT2D eigenvalue weighted by Crippen LogP contribution is -2.21. The fourth-order valence-corrected chi connectivity index (χ4v) is 2.40. The fourth-order valence-electron chi connectivity index (χ4n) is 2.40. The Balaban J connectivity index is 2.23. The second-order valence-corrected chi connectivity index (χ2v) is 5.48. The highest BCUT2D eigenvalue weighted by atomic mass is 16.7. The summed E-state index contributed by atoms with van der Waals surface area (Å²) in [6.07, 6.45) is 3.00. The highest BCUT2D eigenvalue weighted by Crippen LogP contribution is 2.41. The summed E-state index contributed by atoms with van der Waals surface area (Å²) in [4.78, 5) is 10.9. The van der Waals surface area contributed by atoms with Crippen molar-refractivity contribution < 1.29 is 14.4 Å². The number of hydrogen-bond donors (Lipinski definition) is 1. The molecule has 2 unspecified atom stereocenters. The van der Waals surface area contributed by atoms with Crippen LogP contribution in [0.1, 0.15) is 40.0 Å². The highest BCUT2D eigenvalue weighted by Gasteiger charge is 2.24. The van der Waals surface area contributed by atoms with E-state index in [4.69, 9.17) is 9.47 Å². The third kappa shape index (κ3) is 3.56. The first-order chi connectivity index (χ1) is 10.0. The Kier molecular flexibility index (Phi) is 4.88. The minimum absolute atomic E-state index is 0.0295. The molecule has 0 spiro atoms. The van der Waals surface area contributed by atoms with E-state index in [1.165, 1.54) is 6.07 Å². The lowest BCUT2D eigenvalue weighted by Gasteiger charge is -2.21. The number of nitro benzene ring substituents is 1. The Bertz CT molecular complexity index is 519. The van der Waals surface area contributed by atoms with Crippen LogP contribution in [0.2, 0.25) is 0 Å². The molecule has 0 fully saturated rings. The summed E-state index contributed by atoms with van der Waals surface area (Å²) in [5.41, 5.74) is 0.529. The molecule has 2 rings (SSSR count). The van der Waals surface area contributed by atoms with Crippen LogP contribution in [0.15, 0.2) is 12.1 Å². The Hall–Kier alpha value is -1.98. The third-order valence-electron chi connectivity index (χ3n) is 3.92. The molecule has 1 N–H and O–H groups in total. The number of nitrogens with zero attached hydrogens (tertiary/aromatic N) is 1. The first kappa shape index (κ1) is 15.4. The van der Waals surface area contributed by atoms with Crippen LogP contribution in [-0.4, -0.2) is 17.8 Å². The van der Waals surface area contributed by atoms with Crippen molar-refractivity contribution in [1.82, 2.24) is 0 Å². The molecule has 21 heavy (non-hydrogen) atoms. The number of fused-ring (bicyclic) bond motifs is 1. The van der Waals surface area contributed by atoms with E-state index in [1.54, 1.807) is 6.07 Å². The standard InChI is InChI=1S/C15H22N2O4/c1-4-10(3)6-11(5-2)16-12-7-14-15(21-9-20-14)8-13(12)17(18)19/h7-8,10-11,16H,4-6,9H2,1-3H3. The van der Waals surface area contributed by atoms with Crippen molar-refractivity contribution in [1.29, 1.82) is 0 Å². The normalized spacial score (nSPS) is 15.6. The van der Waals surface area contributed by atoms with E-state index in [1.807, 2.05) is 0 Å². The van der Waals surface area contributed by atoms with Crippen LogP contribution >= 0.6 is 0 Å². The van der Waals surface area contributed by atoms with Crippen LogP contribution in [-0.2, 0) is 0 Å². The van der Waals surface area contributed by atoms with Gasteiger partial charge in [0.25, 0.3) is 5.69 Å². The maximum absolute atomic E-state index is 11.2. The van der Waals surface area contributed by atoms with Gasteiger partial charge in [0, 0.05) is 12.1 Å². The quantitative estimate of drug-likeness (QED) is 0.609. The average molecular weight is 294 g/mol. The third-order valence-corrected chi connectivity index (χ3v) is 3.92. The molecule has 6 heteroatoms. The van der Waals surface area contributed by atoms with Crippen LogP contribution in [0.3, 0.4) is 0 Å². The van der Waals surface area contributed by atoms with Crippen molar-refractivity contribution in [3.05, 3.63) is 22.2 Å². The predicted molar refractivity (Wildman–Crippen MR) is 81.0 cm³/mol. The lowest BCUT2D eigenvalue weighted by molar-refractivity contribution is -0.384. The maximum atomic E-state index is 11.2. The molecule has 116 valence electrons. The molecule has 1 heterocycles. The van der Waals surface area contributed by atoms with Crippen LogP contribution in [0.4, 0.5) is 11.4 Å². The molecule has 0 saturated heterocycles. The highest BCUT2D eigenvalue weighted by molar-refractivity contribution is 5.69. The van der Waals surface area contributed by atoms with Gasteiger partial charge in [-0.3, -0.25) is 10.1 Å². The van der Waals surface area contributed by atoms with Crippen LogP contribution in [0, 0.1) is 16.0 Å². The summed E-state index contributed by atoms with van der Waals surface area (Å²) in [6, 6.07) is 3.31. The van der Waals surface area contributed by atoms with Gasteiger partial charge in [0.1, 0.15) is 5.69 Å². The number of anilines is 1. The molecule has 0 radical (unpaired) electrons. The van der Waals surface area contributed by atoms with Crippen molar-refractivity contribution in [2.75, 3.05) is 12.1 Å². The molecule has 1 aliphatic rings. The zero-order valence-corrected chi connectivity index (χ0v) is 12.7. The summed E-state index contributed by atoms with van der Waals surface area (Å²) < 4.78 is 10.5. The van der Waals surface area contributed by atoms with Gasteiger partial charge in [0.15, 0.2) is 11.5 Å². The SMILES string of the molecule is CCC(C)CC(CC)Nc1cc2c(cc1[N+](=O)[O-])OCO2. The average Bonchev–Trinajstić information content (AvgIpc) is 2.92. The van der Waals surface area contributed by atoms with Crippen molar-refractivity contribution in [3.63, 3.8) is 0 Å². The Labute approximate surface area is 124 Å². The number of ether oxygens (including phenoxy) is 2. The molecule has 0 aromatic heterocycles. The van der Waals surface area contributed by atoms with Crippen molar-refractivity contribution in [2.45, 2.75) is 46.1 Å². The summed E-state index contributed by atoms with van der Waals surface area (Å²) in [5.74, 6) is 1.57. The monoisotopic (exact) mass is 294 g/mol. The van der Waals surface area contributed by atoms with E-state index in [9.17, 15) is 10.1 Å². The molecule has 1 aromatic rings. The van der Waals surface area contributed by atoms with Gasteiger partial charge in [0.05, 0.1) is 11.0 Å². The summed E-state index contributed by atoms with van der Waals surface area (Å²) in [6.45, 7) is 6.54. The van der Waals surface area contributed by atoms with E-state index >= 15 is 0 Å². The number of rotatable bonds is 7. The summed E-state index contributed by atoms with van der Waals surface area (Å²) in [5, 5.41) is 14.5. The van der Waals surface area contributed by atoms with Gasteiger partial charge in [-0.25, -0.2) is 0 Å². The predicted octanol–water partition coefficient (Wildman–Crippen LogP) is 3.95. The number of nitro groups is 1. The minimum atomic E-state index is -0.389. The minimum Gasteiger partial charge on any atom is -0.454 e. The van der Waals surface area contributed by atoms with Crippen molar-refractivity contribution >= 4 is 11.4 Å². The van der Waals surface area contributed by atoms with E-state index in [0.717, 1.165) is 19.3 Å². The van der Waals surface area contributed by atoms with Crippen molar-refractivity contribution in [3.8, 4) is 11.5 Å². The Morgan fingerprint density at radius 1 is 1.29 bits per heavy atom. The van der Waals surface area contributed by atoms with Gasteiger partial charge in [0.2, 0.25) is 6.79 Å². The van der Waals surface area contributed by atoms with Gasteiger partial charge in [-0.05, 0) is 18.8 Å². The van der Waals surface area contributed by atoms with Crippen LogP contribution in [0.5, 0.6) is 11.5 Å². The Morgan fingerprint density at radius 3 is 2.52 bits per heavy atom. The van der Waals surface area contributed by atoms with Crippen LogP contribution in [0.25, 0.3) is 0 Å². The smallest absolute Gasteiger partial charge is 0.296 e. The first-order valence-electron chi connectivity index (χ1n) is 7.39. The first-order valence-corrected chi connectivity index (χ1v) is 7.39. The maximum Gasteiger partial charge on any atom is 0.296 e. The molecule has 6 nitrogen and oxygen atoms in total. The molecule has 1 aliphatic heterocycles. The molecule has 0 bridgehead atoms.